The van der Waals surface area contributed by atoms with Gasteiger partial charge in [-0.15, -0.1) is 0 Å². The van der Waals surface area contributed by atoms with E-state index in [9.17, 15) is 15.0 Å². The fourth-order valence-corrected chi connectivity index (χ4v) is 3.46. The van der Waals surface area contributed by atoms with Crippen molar-refractivity contribution in [1.82, 2.24) is 0 Å². The smallest absolute Gasteiger partial charge is 0.339 e. The molecule has 2 aromatic carbocycles. The quantitative estimate of drug-likeness (QED) is 0.862. The number of benzene rings is 2. The normalized spacial score (nSPS) is 14.5. The highest BCUT2D eigenvalue weighted by molar-refractivity contribution is 5.98. The zero-order valence-electron chi connectivity index (χ0n) is 14.4. The van der Waals surface area contributed by atoms with Crippen LogP contribution in [-0.4, -0.2) is 16.2 Å². The summed E-state index contributed by atoms with van der Waals surface area (Å²) in [6.07, 6.45) is 1.37. The fraction of sp³-hybridized carbons (Fsp3) is 0.350. The van der Waals surface area contributed by atoms with Crippen LogP contribution >= 0.6 is 0 Å². The van der Waals surface area contributed by atoms with E-state index >= 15 is 0 Å². The van der Waals surface area contributed by atoms with Gasteiger partial charge < -0.3 is 14.9 Å². The van der Waals surface area contributed by atoms with E-state index in [-0.39, 0.29) is 11.3 Å². The SMILES string of the molecule is CCCc1cc2c(c(O)c1C(=O)O)-c1cc(C)ccc1C(C)(C)O2. The minimum atomic E-state index is -1.11. The number of hydrogen-bond acceptors (Lipinski definition) is 3. The van der Waals surface area contributed by atoms with Crippen molar-refractivity contribution >= 4 is 5.97 Å². The Kier molecular flexibility index (Phi) is 3.78. The van der Waals surface area contributed by atoms with Gasteiger partial charge in [-0.05, 0) is 44.4 Å². The van der Waals surface area contributed by atoms with Gasteiger partial charge >= 0.3 is 5.97 Å². The van der Waals surface area contributed by atoms with Crippen molar-refractivity contribution in [3.05, 3.63) is 46.5 Å². The number of ether oxygens (including phenoxy) is 1. The third-order valence-electron chi connectivity index (χ3n) is 4.54. The first-order valence-electron chi connectivity index (χ1n) is 8.19. The van der Waals surface area contributed by atoms with E-state index in [4.69, 9.17) is 4.74 Å². The number of aryl methyl sites for hydroxylation is 2. The fourth-order valence-electron chi connectivity index (χ4n) is 3.46. The van der Waals surface area contributed by atoms with Crippen LogP contribution in [0.2, 0.25) is 0 Å². The lowest BCUT2D eigenvalue weighted by atomic mass is 9.83. The van der Waals surface area contributed by atoms with E-state index in [0.717, 1.165) is 23.1 Å². The predicted molar refractivity (Wildman–Crippen MR) is 92.9 cm³/mol. The van der Waals surface area contributed by atoms with Gasteiger partial charge in [0.25, 0.3) is 0 Å². The molecule has 0 atom stereocenters. The topological polar surface area (TPSA) is 66.8 Å². The number of carbonyl (C=O) groups is 1. The number of aromatic carboxylic acids is 1. The van der Waals surface area contributed by atoms with Crippen molar-refractivity contribution < 1.29 is 19.7 Å². The molecule has 2 N–H and O–H groups in total. The minimum Gasteiger partial charge on any atom is -0.506 e. The maximum Gasteiger partial charge on any atom is 0.339 e. The molecule has 0 aliphatic carbocycles. The molecule has 1 aliphatic rings. The van der Waals surface area contributed by atoms with Gasteiger partial charge in [-0.2, -0.15) is 0 Å². The van der Waals surface area contributed by atoms with Crippen molar-refractivity contribution in [3.63, 3.8) is 0 Å². The average Bonchev–Trinajstić information content (AvgIpc) is 2.45. The van der Waals surface area contributed by atoms with Crippen LogP contribution in [0.4, 0.5) is 0 Å². The molecule has 4 heteroatoms. The maximum atomic E-state index is 11.7. The number of carboxylic acid groups (broad SMARTS) is 1. The predicted octanol–water partition coefficient (Wildman–Crippen LogP) is 4.65. The second-order valence-electron chi connectivity index (χ2n) is 6.85. The Bertz CT molecular complexity index is 834. The molecule has 1 heterocycles. The van der Waals surface area contributed by atoms with Gasteiger partial charge in [0.1, 0.15) is 22.7 Å². The molecule has 1 aliphatic heterocycles. The van der Waals surface area contributed by atoms with Gasteiger partial charge in [0.05, 0.1) is 5.56 Å². The highest BCUT2D eigenvalue weighted by atomic mass is 16.5. The minimum absolute atomic E-state index is 0.0219. The second kappa shape index (κ2) is 5.55. The van der Waals surface area contributed by atoms with Crippen molar-refractivity contribution in [2.24, 2.45) is 0 Å². The zero-order chi connectivity index (χ0) is 17.6. The molecule has 0 saturated heterocycles. The van der Waals surface area contributed by atoms with Crippen molar-refractivity contribution in [1.29, 1.82) is 0 Å². The molecule has 3 rings (SSSR count). The summed E-state index contributed by atoms with van der Waals surface area (Å²) in [7, 11) is 0. The molecule has 126 valence electrons. The van der Waals surface area contributed by atoms with E-state index in [1.54, 1.807) is 6.07 Å². The lowest BCUT2D eigenvalue weighted by molar-refractivity contribution is 0.0692. The van der Waals surface area contributed by atoms with Crippen LogP contribution in [0.25, 0.3) is 11.1 Å². The monoisotopic (exact) mass is 326 g/mol. The Morgan fingerprint density at radius 3 is 2.58 bits per heavy atom. The molecule has 0 radical (unpaired) electrons. The Morgan fingerprint density at radius 1 is 1.25 bits per heavy atom. The van der Waals surface area contributed by atoms with Crippen LogP contribution in [0.3, 0.4) is 0 Å². The van der Waals surface area contributed by atoms with Crippen LogP contribution in [0.15, 0.2) is 24.3 Å². The highest BCUT2D eigenvalue weighted by Crippen LogP contribution is 2.51. The van der Waals surface area contributed by atoms with Gasteiger partial charge in [-0.25, -0.2) is 4.79 Å². The molecule has 0 bridgehead atoms. The van der Waals surface area contributed by atoms with Crippen molar-refractivity contribution in [2.75, 3.05) is 0 Å². The van der Waals surface area contributed by atoms with Crippen LogP contribution < -0.4 is 4.74 Å². The van der Waals surface area contributed by atoms with Crippen molar-refractivity contribution in [2.45, 2.75) is 46.1 Å². The molecule has 0 amide bonds. The summed E-state index contributed by atoms with van der Waals surface area (Å²) in [5.74, 6) is -0.771. The first kappa shape index (κ1) is 16.4. The van der Waals surface area contributed by atoms with E-state index < -0.39 is 11.6 Å². The molecule has 0 unspecified atom stereocenters. The summed E-state index contributed by atoms with van der Waals surface area (Å²) in [6.45, 7) is 7.91. The van der Waals surface area contributed by atoms with Gasteiger partial charge in [0, 0.05) is 5.56 Å². The first-order chi connectivity index (χ1) is 11.3. The maximum absolute atomic E-state index is 11.7. The summed E-state index contributed by atoms with van der Waals surface area (Å²) in [5.41, 5.74) is 3.34. The van der Waals surface area contributed by atoms with Crippen LogP contribution in [0, 0.1) is 6.92 Å². The summed E-state index contributed by atoms with van der Waals surface area (Å²) in [4.78, 5) is 11.7. The molecule has 0 fully saturated rings. The van der Waals surface area contributed by atoms with Crippen molar-refractivity contribution in [3.8, 4) is 22.6 Å². The molecular formula is C20H22O4. The van der Waals surface area contributed by atoms with E-state index in [0.29, 0.717) is 23.3 Å². The molecule has 2 aromatic rings. The summed E-state index contributed by atoms with van der Waals surface area (Å²) in [5, 5.41) is 20.3. The number of fused-ring (bicyclic) bond motifs is 3. The Labute approximate surface area is 141 Å². The summed E-state index contributed by atoms with van der Waals surface area (Å²) in [6, 6.07) is 7.72. The van der Waals surface area contributed by atoms with Gasteiger partial charge in [-0.3, -0.25) is 0 Å². The Hall–Kier alpha value is -2.49. The van der Waals surface area contributed by atoms with Gasteiger partial charge in [0.2, 0.25) is 0 Å². The summed E-state index contributed by atoms with van der Waals surface area (Å²) < 4.78 is 6.14. The third kappa shape index (κ3) is 2.42. The molecule has 0 saturated carbocycles. The largest absolute Gasteiger partial charge is 0.506 e. The molecule has 24 heavy (non-hydrogen) atoms. The van der Waals surface area contributed by atoms with E-state index in [1.807, 2.05) is 45.9 Å². The number of aromatic hydroxyl groups is 1. The molecule has 0 aromatic heterocycles. The van der Waals surface area contributed by atoms with Gasteiger partial charge in [-0.1, -0.05) is 37.1 Å². The van der Waals surface area contributed by atoms with E-state index in [1.165, 1.54) is 0 Å². The summed E-state index contributed by atoms with van der Waals surface area (Å²) >= 11 is 0. The third-order valence-corrected chi connectivity index (χ3v) is 4.54. The van der Waals surface area contributed by atoms with Crippen LogP contribution in [0.1, 0.15) is 54.2 Å². The Balaban J connectivity index is 2.37. The highest BCUT2D eigenvalue weighted by Gasteiger charge is 2.36. The number of rotatable bonds is 3. The Morgan fingerprint density at radius 2 is 1.96 bits per heavy atom. The standard InChI is InChI=1S/C20H22O4/c1-5-6-12-10-15-17(18(21)16(12)19(22)23)13-9-11(2)7-8-14(13)20(3,4)24-15/h7-10,21H,5-6H2,1-4H3,(H,22,23). The number of hydrogen-bond donors (Lipinski definition) is 2. The number of carboxylic acids is 1. The van der Waals surface area contributed by atoms with E-state index in [2.05, 4.69) is 0 Å². The van der Waals surface area contributed by atoms with Crippen LogP contribution in [-0.2, 0) is 12.0 Å². The molecular weight excluding hydrogens is 304 g/mol. The number of phenols is 1. The average molecular weight is 326 g/mol. The van der Waals surface area contributed by atoms with Crippen LogP contribution in [0.5, 0.6) is 11.5 Å². The molecule has 0 spiro atoms. The first-order valence-corrected chi connectivity index (χ1v) is 8.19. The lowest BCUT2D eigenvalue weighted by Crippen LogP contribution is -2.29. The zero-order valence-corrected chi connectivity index (χ0v) is 14.4. The second-order valence-corrected chi connectivity index (χ2v) is 6.85. The lowest BCUT2D eigenvalue weighted by Gasteiger charge is -2.36. The van der Waals surface area contributed by atoms with Gasteiger partial charge in [0.15, 0.2) is 0 Å². The molecule has 4 nitrogen and oxygen atoms in total.